The number of carbonyl (C=O) groups is 2. The van der Waals surface area contributed by atoms with Crippen LogP contribution in [-0.2, 0) is 11.3 Å². The molecule has 1 amide bonds. The molecule has 2 aromatic heterocycles. The Balaban J connectivity index is 1.14. The Labute approximate surface area is 237 Å². The molecule has 8 heteroatoms. The molecule has 0 saturated carbocycles. The Morgan fingerprint density at radius 3 is 2.44 bits per heavy atom. The van der Waals surface area contributed by atoms with Crippen molar-refractivity contribution < 1.29 is 14.0 Å². The highest BCUT2D eigenvalue weighted by atomic mass is 19.1. The van der Waals surface area contributed by atoms with E-state index in [-0.39, 0.29) is 23.3 Å². The van der Waals surface area contributed by atoms with E-state index in [0.717, 1.165) is 43.7 Å². The van der Waals surface area contributed by atoms with E-state index in [0.29, 0.717) is 28.3 Å². The SMILES string of the molecule is CC(=O)Nc1cccc(C2CCN(Cc3ccc(C(=O)c4nc5cccnc5n4-c4ccc(F)cc4)cc3)CC2)c1. The fourth-order valence-electron chi connectivity index (χ4n) is 5.55. The summed E-state index contributed by atoms with van der Waals surface area (Å²) in [5, 5.41) is 2.87. The number of rotatable bonds is 7. The van der Waals surface area contributed by atoms with Crippen molar-refractivity contribution in [3.63, 3.8) is 0 Å². The van der Waals surface area contributed by atoms with E-state index in [2.05, 4.69) is 32.3 Å². The van der Waals surface area contributed by atoms with Gasteiger partial charge in [0.2, 0.25) is 11.7 Å². The van der Waals surface area contributed by atoms with Crippen LogP contribution in [0.2, 0.25) is 0 Å². The first-order chi connectivity index (χ1) is 19.9. The standard InChI is InChI=1S/C33H30FN5O2/c1-22(40)36-28-5-2-4-26(20-28)24-15-18-38(19-16-24)21-23-7-9-25(10-8-23)31(41)33-37-30-6-3-17-35-32(30)39(33)29-13-11-27(34)12-14-29/h2-14,17,20,24H,15-16,18-19,21H2,1H3,(H,36,40). The van der Waals surface area contributed by atoms with E-state index in [9.17, 15) is 14.0 Å². The molecule has 7 nitrogen and oxygen atoms in total. The van der Waals surface area contributed by atoms with Gasteiger partial charge in [0.05, 0.1) is 0 Å². The predicted octanol–water partition coefficient (Wildman–Crippen LogP) is 6.13. The van der Waals surface area contributed by atoms with Crippen LogP contribution in [0.1, 0.15) is 53.0 Å². The Hall–Kier alpha value is -4.69. The maximum atomic E-state index is 13.6. The number of likely N-dealkylation sites (tertiary alicyclic amines) is 1. The van der Waals surface area contributed by atoms with Gasteiger partial charge in [-0.05, 0) is 91.5 Å². The number of amides is 1. The molecule has 5 aromatic rings. The lowest BCUT2D eigenvalue weighted by molar-refractivity contribution is -0.114. The number of nitrogens with one attached hydrogen (secondary N) is 1. The van der Waals surface area contributed by atoms with E-state index in [1.165, 1.54) is 24.6 Å². The summed E-state index contributed by atoms with van der Waals surface area (Å²) < 4.78 is 15.3. The highest BCUT2D eigenvalue weighted by Gasteiger charge is 2.23. The number of hydrogen-bond donors (Lipinski definition) is 1. The molecule has 0 spiro atoms. The first kappa shape index (κ1) is 26.5. The summed E-state index contributed by atoms with van der Waals surface area (Å²) in [4.78, 5) is 36.5. The van der Waals surface area contributed by atoms with Crippen molar-refractivity contribution in [1.29, 1.82) is 0 Å². The minimum absolute atomic E-state index is 0.0618. The number of pyridine rings is 1. The third kappa shape index (κ3) is 5.78. The molecule has 1 fully saturated rings. The number of hydrogen-bond acceptors (Lipinski definition) is 5. The van der Waals surface area contributed by atoms with Gasteiger partial charge in [0.15, 0.2) is 11.5 Å². The third-order valence-electron chi connectivity index (χ3n) is 7.59. The molecule has 0 atom stereocenters. The first-order valence-corrected chi connectivity index (χ1v) is 13.8. The van der Waals surface area contributed by atoms with E-state index in [1.807, 2.05) is 42.5 Å². The molecule has 1 aliphatic heterocycles. The topological polar surface area (TPSA) is 80.1 Å². The van der Waals surface area contributed by atoms with Gasteiger partial charge in [0.1, 0.15) is 11.3 Å². The molecular formula is C33H30FN5O2. The lowest BCUT2D eigenvalue weighted by Crippen LogP contribution is -2.32. The van der Waals surface area contributed by atoms with Crippen LogP contribution in [-0.4, -0.2) is 44.2 Å². The van der Waals surface area contributed by atoms with Gasteiger partial charge >= 0.3 is 0 Å². The molecule has 3 aromatic carbocycles. The molecule has 0 radical (unpaired) electrons. The third-order valence-corrected chi connectivity index (χ3v) is 7.59. The summed E-state index contributed by atoms with van der Waals surface area (Å²) in [6.45, 7) is 4.29. The van der Waals surface area contributed by atoms with E-state index >= 15 is 0 Å². The monoisotopic (exact) mass is 547 g/mol. The largest absolute Gasteiger partial charge is 0.326 e. The normalized spacial score (nSPS) is 14.3. The molecule has 0 aliphatic carbocycles. The summed E-state index contributed by atoms with van der Waals surface area (Å²) in [5.41, 5.74) is 5.55. The highest BCUT2D eigenvalue weighted by molar-refractivity contribution is 6.08. The van der Waals surface area contributed by atoms with Crippen LogP contribution >= 0.6 is 0 Å². The lowest BCUT2D eigenvalue weighted by Gasteiger charge is -2.32. The molecule has 1 saturated heterocycles. The molecule has 1 N–H and O–H groups in total. The van der Waals surface area contributed by atoms with Crippen molar-refractivity contribution in [2.24, 2.45) is 0 Å². The van der Waals surface area contributed by atoms with Crippen LogP contribution in [0.25, 0.3) is 16.9 Å². The maximum absolute atomic E-state index is 13.6. The molecular weight excluding hydrogens is 517 g/mol. The average Bonchev–Trinajstić information content (AvgIpc) is 3.37. The van der Waals surface area contributed by atoms with E-state index < -0.39 is 0 Å². The van der Waals surface area contributed by atoms with Crippen molar-refractivity contribution in [3.8, 4) is 5.69 Å². The lowest BCUT2D eigenvalue weighted by atomic mass is 9.89. The summed E-state index contributed by atoms with van der Waals surface area (Å²) >= 11 is 0. The number of nitrogens with zero attached hydrogens (tertiary/aromatic N) is 4. The number of aromatic nitrogens is 3. The number of piperidine rings is 1. The fraction of sp³-hybridized carbons (Fsp3) is 0.212. The average molecular weight is 548 g/mol. The Kier molecular flexibility index (Phi) is 7.39. The van der Waals surface area contributed by atoms with Crippen LogP contribution in [0.15, 0.2) is 91.1 Å². The van der Waals surface area contributed by atoms with Crippen molar-refractivity contribution >= 4 is 28.5 Å². The van der Waals surface area contributed by atoms with Gasteiger partial charge in [-0.2, -0.15) is 0 Å². The molecule has 0 bridgehead atoms. The number of halogens is 1. The van der Waals surface area contributed by atoms with Gasteiger partial charge in [0, 0.05) is 36.6 Å². The van der Waals surface area contributed by atoms with E-state index in [1.54, 1.807) is 29.0 Å². The van der Waals surface area contributed by atoms with Crippen molar-refractivity contribution in [2.75, 3.05) is 18.4 Å². The fourth-order valence-corrected chi connectivity index (χ4v) is 5.55. The second kappa shape index (κ2) is 11.4. The minimum Gasteiger partial charge on any atom is -0.326 e. The van der Waals surface area contributed by atoms with Crippen LogP contribution in [0.3, 0.4) is 0 Å². The Bertz CT molecular complexity index is 1700. The summed E-state index contributed by atoms with van der Waals surface area (Å²) in [6, 6.07) is 25.4. The van der Waals surface area contributed by atoms with Crippen LogP contribution in [0.4, 0.5) is 10.1 Å². The predicted molar refractivity (Wildman–Crippen MR) is 157 cm³/mol. The van der Waals surface area contributed by atoms with E-state index in [4.69, 9.17) is 0 Å². The second-order valence-corrected chi connectivity index (χ2v) is 10.5. The number of benzene rings is 3. The van der Waals surface area contributed by atoms with Gasteiger partial charge in [-0.1, -0.05) is 36.4 Å². The van der Waals surface area contributed by atoms with Crippen molar-refractivity contribution in [3.05, 3.63) is 119 Å². The van der Waals surface area contributed by atoms with Gasteiger partial charge in [-0.25, -0.2) is 14.4 Å². The number of carbonyl (C=O) groups excluding carboxylic acids is 2. The summed E-state index contributed by atoms with van der Waals surface area (Å²) in [5.74, 6) is 0.0712. The molecule has 206 valence electrons. The van der Waals surface area contributed by atoms with Crippen molar-refractivity contribution in [2.45, 2.75) is 32.2 Å². The first-order valence-electron chi connectivity index (χ1n) is 13.8. The minimum atomic E-state index is -0.352. The highest BCUT2D eigenvalue weighted by Crippen LogP contribution is 2.30. The maximum Gasteiger partial charge on any atom is 0.228 e. The zero-order valence-corrected chi connectivity index (χ0v) is 22.8. The van der Waals surface area contributed by atoms with Gasteiger partial charge in [-0.3, -0.25) is 19.1 Å². The smallest absolute Gasteiger partial charge is 0.228 e. The molecule has 1 aliphatic rings. The van der Waals surface area contributed by atoms with Gasteiger partial charge < -0.3 is 5.32 Å². The van der Waals surface area contributed by atoms with Gasteiger partial charge in [-0.15, -0.1) is 0 Å². The Morgan fingerprint density at radius 1 is 0.951 bits per heavy atom. The second-order valence-electron chi connectivity index (χ2n) is 10.5. The van der Waals surface area contributed by atoms with Crippen LogP contribution in [0.5, 0.6) is 0 Å². The van der Waals surface area contributed by atoms with Gasteiger partial charge in [0.25, 0.3) is 0 Å². The molecule has 0 unspecified atom stereocenters. The number of ketones is 1. The molecule has 3 heterocycles. The number of anilines is 1. The number of fused-ring (bicyclic) bond motifs is 1. The summed E-state index contributed by atoms with van der Waals surface area (Å²) in [6.07, 6.45) is 3.75. The Morgan fingerprint density at radius 2 is 1.71 bits per heavy atom. The number of imidazole rings is 1. The zero-order valence-electron chi connectivity index (χ0n) is 22.8. The van der Waals surface area contributed by atoms with Crippen molar-refractivity contribution in [1.82, 2.24) is 19.4 Å². The molecule has 41 heavy (non-hydrogen) atoms. The van der Waals surface area contributed by atoms with Crippen LogP contribution in [0, 0.1) is 5.82 Å². The zero-order chi connectivity index (χ0) is 28.3. The molecule has 6 rings (SSSR count). The quantitative estimate of drug-likeness (QED) is 0.248. The van der Waals surface area contributed by atoms with Crippen LogP contribution < -0.4 is 5.32 Å². The summed E-state index contributed by atoms with van der Waals surface area (Å²) in [7, 11) is 0.